The lowest BCUT2D eigenvalue weighted by atomic mass is 10.1. The van der Waals surface area contributed by atoms with Crippen molar-refractivity contribution in [2.24, 2.45) is 0 Å². The first-order chi connectivity index (χ1) is 10.5. The van der Waals surface area contributed by atoms with Gasteiger partial charge in [0.2, 0.25) is 0 Å². The van der Waals surface area contributed by atoms with Gasteiger partial charge in [-0.1, -0.05) is 19.1 Å². The molecule has 1 aromatic carbocycles. The van der Waals surface area contributed by atoms with E-state index in [9.17, 15) is 4.79 Å². The van der Waals surface area contributed by atoms with Crippen molar-refractivity contribution in [3.05, 3.63) is 29.3 Å². The second-order valence-electron chi connectivity index (χ2n) is 5.78. The van der Waals surface area contributed by atoms with E-state index in [0.717, 1.165) is 17.7 Å². The van der Waals surface area contributed by atoms with Gasteiger partial charge in [-0.25, -0.2) is 0 Å². The van der Waals surface area contributed by atoms with E-state index >= 15 is 0 Å². The first-order valence-corrected chi connectivity index (χ1v) is 8.07. The maximum atomic E-state index is 12.2. The standard InChI is InChI=1S/C18H29NO3/c1-6-16(18(20)19-11-8-12-21-13(2)3)22-17-10-7-9-14(4)15(17)5/h7,9-10,13,16H,6,8,11-12H2,1-5H3,(H,19,20)/t16-/m1/s1. The third kappa shape index (κ3) is 6.06. The number of hydrogen-bond donors (Lipinski definition) is 1. The Hall–Kier alpha value is -1.55. The zero-order valence-corrected chi connectivity index (χ0v) is 14.4. The Balaban J connectivity index is 2.46. The second kappa shape index (κ2) is 9.46. The van der Waals surface area contributed by atoms with E-state index in [1.54, 1.807) is 0 Å². The van der Waals surface area contributed by atoms with Crippen LogP contribution in [-0.4, -0.2) is 31.3 Å². The molecule has 0 saturated heterocycles. The molecule has 0 spiro atoms. The van der Waals surface area contributed by atoms with Crippen LogP contribution in [-0.2, 0) is 9.53 Å². The minimum absolute atomic E-state index is 0.0621. The van der Waals surface area contributed by atoms with Crippen molar-refractivity contribution in [3.8, 4) is 5.75 Å². The highest BCUT2D eigenvalue weighted by atomic mass is 16.5. The van der Waals surface area contributed by atoms with E-state index in [1.807, 2.05) is 52.8 Å². The molecule has 1 aromatic rings. The summed E-state index contributed by atoms with van der Waals surface area (Å²) < 4.78 is 11.3. The maximum absolute atomic E-state index is 12.2. The summed E-state index contributed by atoms with van der Waals surface area (Å²) in [6.45, 7) is 11.3. The van der Waals surface area contributed by atoms with Crippen molar-refractivity contribution >= 4 is 5.91 Å². The molecule has 0 unspecified atom stereocenters. The first kappa shape index (κ1) is 18.5. The van der Waals surface area contributed by atoms with E-state index in [-0.39, 0.29) is 12.0 Å². The van der Waals surface area contributed by atoms with Gasteiger partial charge in [-0.2, -0.15) is 0 Å². The molecule has 0 fully saturated rings. The average Bonchev–Trinajstić information content (AvgIpc) is 2.48. The molecule has 0 aliphatic heterocycles. The van der Waals surface area contributed by atoms with Crippen LogP contribution in [0.4, 0.5) is 0 Å². The number of benzene rings is 1. The molecular weight excluding hydrogens is 278 g/mol. The van der Waals surface area contributed by atoms with Crippen LogP contribution >= 0.6 is 0 Å². The first-order valence-electron chi connectivity index (χ1n) is 8.07. The molecule has 4 nitrogen and oxygen atoms in total. The quantitative estimate of drug-likeness (QED) is 0.711. The van der Waals surface area contributed by atoms with Gasteiger partial charge < -0.3 is 14.8 Å². The smallest absolute Gasteiger partial charge is 0.261 e. The van der Waals surface area contributed by atoms with Crippen molar-refractivity contribution in [1.82, 2.24) is 5.32 Å². The molecule has 0 aromatic heterocycles. The third-order valence-corrected chi connectivity index (χ3v) is 3.56. The topological polar surface area (TPSA) is 47.6 Å². The van der Waals surface area contributed by atoms with Gasteiger partial charge in [0.1, 0.15) is 5.75 Å². The highest BCUT2D eigenvalue weighted by Crippen LogP contribution is 2.22. The monoisotopic (exact) mass is 307 g/mol. The van der Waals surface area contributed by atoms with Gasteiger partial charge in [-0.15, -0.1) is 0 Å². The van der Waals surface area contributed by atoms with E-state index < -0.39 is 6.10 Å². The van der Waals surface area contributed by atoms with Crippen molar-refractivity contribution in [1.29, 1.82) is 0 Å². The molecule has 1 amide bonds. The molecule has 0 bridgehead atoms. The zero-order valence-electron chi connectivity index (χ0n) is 14.4. The molecule has 1 atom stereocenters. The second-order valence-corrected chi connectivity index (χ2v) is 5.78. The molecule has 0 aliphatic rings. The normalized spacial score (nSPS) is 12.3. The number of aryl methyl sites for hydroxylation is 1. The van der Waals surface area contributed by atoms with E-state index in [1.165, 1.54) is 5.56 Å². The average molecular weight is 307 g/mol. The number of carbonyl (C=O) groups excluding carboxylic acids is 1. The van der Waals surface area contributed by atoms with Gasteiger partial charge in [0.15, 0.2) is 6.10 Å². The Labute approximate surface area is 134 Å². The number of hydrogen-bond acceptors (Lipinski definition) is 3. The van der Waals surface area contributed by atoms with Crippen LogP contribution in [0.25, 0.3) is 0 Å². The fourth-order valence-corrected chi connectivity index (χ4v) is 2.04. The van der Waals surface area contributed by atoms with Gasteiger partial charge in [0.25, 0.3) is 5.91 Å². The molecule has 4 heteroatoms. The molecule has 124 valence electrons. The Bertz CT molecular complexity index is 471. The zero-order chi connectivity index (χ0) is 16.5. The maximum Gasteiger partial charge on any atom is 0.261 e. The minimum atomic E-state index is -0.452. The van der Waals surface area contributed by atoms with Crippen LogP contribution < -0.4 is 10.1 Å². The molecule has 0 radical (unpaired) electrons. The molecular formula is C18H29NO3. The van der Waals surface area contributed by atoms with E-state index in [2.05, 4.69) is 5.32 Å². The third-order valence-electron chi connectivity index (χ3n) is 3.56. The van der Waals surface area contributed by atoms with Crippen molar-refractivity contribution < 1.29 is 14.3 Å². The minimum Gasteiger partial charge on any atom is -0.480 e. The van der Waals surface area contributed by atoms with Crippen LogP contribution in [0, 0.1) is 13.8 Å². The lowest BCUT2D eigenvalue weighted by Crippen LogP contribution is -2.38. The van der Waals surface area contributed by atoms with Gasteiger partial charge in [-0.3, -0.25) is 4.79 Å². The molecule has 1 rings (SSSR count). The Morgan fingerprint density at radius 3 is 2.64 bits per heavy atom. The van der Waals surface area contributed by atoms with Crippen LogP contribution in [0.3, 0.4) is 0 Å². The summed E-state index contributed by atoms with van der Waals surface area (Å²) in [5, 5.41) is 2.92. The fourth-order valence-electron chi connectivity index (χ4n) is 2.04. The molecule has 0 aliphatic carbocycles. The lowest BCUT2D eigenvalue weighted by Gasteiger charge is -2.19. The van der Waals surface area contributed by atoms with E-state index in [0.29, 0.717) is 19.6 Å². The number of amides is 1. The summed E-state index contributed by atoms with van der Waals surface area (Å²) in [6.07, 6.45) is 1.23. The Kier molecular flexibility index (Phi) is 7.96. The number of ether oxygens (including phenoxy) is 2. The summed E-state index contributed by atoms with van der Waals surface area (Å²) in [5.74, 6) is 0.720. The van der Waals surface area contributed by atoms with Gasteiger partial charge >= 0.3 is 0 Å². The largest absolute Gasteiger partial charge is 0.480 e. The molecule has 0 heterocycles. The number of carbonyl (C=O) groups is 1. The van der Waals surface area contributed by atoms with Crippen molar-refractivity contribution in [2.75, 3.05) is 13.2 Å². The summed E-state index contributed by atoms with van der Waals surface area (Å²) in [6, 6.07) is 5.90. The van der Waals surface area contributed by atoms with Gasteiger partial charge in [0.05, 0.1) is 6.10 Å². The SMILES string of the molecule is CC[C@@H](Oc1cccc(C)c1C)C(=O)NCCCOC(C)C. The summed E-state index contributed by atoms with van der Waals surface area (Å²) in [5.41, 5.74) is 2.25. The lowest BCUT2D eigenvalue weighted by molar-refractivity contribution is -0.128. The Morgan fingerprint density at radius 2 is 2.00 bits per heavy atom. The summed E-state index contributed by atoms with van der Waals surface area (Å²) in [4.78, 5) is 12.2. The molecule has 0 saturated carbocycles. The van der Waals surface area contributed by atoms with Crippen LogP contribution in [0.15, 0.2) is 18.2 Å². The molecule has 22 heavy (non-hydrogen) atoms. The number of nitrogens with one attached hydrogen (secondary N) is 1. The highest BCUT2D eigenvalue weighted by molar-refractivity contribution is 5.81. The predicted molar refractivity (Wildman–Crippen MR) is 89.3 cm³/mol. The van der Waals surface area contributed by atoms with Gasteiger partial charge in [-0.05, 0) is 57.7 Å². The molecule has 1 N–H and O–H groups in total. The van der Waals surface area contributed by atoms with Crippen LogP contribution in [0.1, 0.15) is 44.7 Å². The highest BCUT2D eigenvalue weighted by Gasteiger charge is 2.18. The van der Waals surface area contributed by atoms with Crippen LogP contribution in [0.2, 0.25) is 0 Å². The summed E-state index contributed by atoms with van der Waals surface area (Å²) >= 11 is 0. The van der Waals surface area contributed by atoms with Gasteiger partial charge in [0, 0.05) is 13.2 Å². The predicted octanol–water partition coefficient (Wildman–Crippen LogP) is 3.39. The van der Waals surface area contributed by atoms with Crippen molar-refractivity contribution in [2.45, 2.75) is 59.7 Å². The Morgan fingerprint density at radius 1 is 1.27 bits per heavy atom. The van der Waals surface area contributed by atoms with Crippen molar-refractivity contribution in [3.63, 3.8) is 0 Å². The fraction of sp³-hybridized carbons (Fsp3) is 0.611. The summed E-state index contributed by atoms with van der Waals surface area (Å²) in [7, 11) is 0. The van der Waals surface area contributed by atoms with E-state index in [4.69, 9.17) is 9.47 Å². The van der Waals surface area contributed by atoms with Crippen LogP contribution in [0.5, 0.6) is 5.75 Å². The number of rotatable bonds is 9.